The van der Waals surface area contributed by atoms with Crippen LogP contribution in [0, 0.1) is 0 Å². The molecule has 2 rings (SSSR count). The maximum Gasteiger partial charge on any atom is 0.268 e. The fourth-order valence-electron chi connectivity index (χ4n) is 1.98. The Balaban J connectivity index is 2.68. The van der Waals surface area contributed by atoms with Gasteiger partial charge >= 0.3 is 0 Å². The molecule has 20 heavy (non-hydrogen) atoms. The Morgan fingerprint density at radius 2 is 1.90 bits per heavy atom. The van der Waals surface area contributed by atoms with E-state index in [1.54, 1.807) is 42.5 Å². The molecule has 0 aliphatic carbocycles. The summed E-state index contributed by atoms with van der Waals surface area (Å²) < 4.78 is 26.4. The van der Waals surface area contributed by atoms with Crippen molar-refractivity contribution in [3.63, 3.8) is 0 Å². The largest absolute Gasteiger partial charge is 0.397 e. The Morgan fingerprint density at radius 3 is 2.45 bits per heavy atom. The minimum Gasteiger partial charge on any atom is -0.397 e. The van der Waals surface area contributed by atoms with Crippen molar-refractivity contribution >= 4 is 21.8 Å². The Kier molecular flexibility index (Phi) is 3.81. The van der Waals surface area contributed by atoms with E-state index < -0.39 is 10.0 Å². The van der Waals surface area contributed by atoms with Gasteiger partial charge in [-0.25, -0.2) is 12.4 Å². The summed E-state index contributed by atoms with van der Waals surface area (Å²) in [7, 11) is -3.67. The van der Waals surface area contributed by atoms with Gasteiger partial charge in [-0.15, -0.1) is 0 Å². The van der Waals surface area contributed by atoms with Crippen LogP contribution in [0.4, 0.5) is 0 Å². The molecule has 0 unspecified atom stereocenters. The predicted molar refractivity (Wildman–Crippen MR) is 81.4 cm³/mol. The van der Waals surface area contributed by atoms with Crippen LogP contribution in [0.5, 0.6) is 0 Å². The van der Waals surface area contributed by atoms with Gasteiger partial charge in [-0.05, 0) is 25.1 Å². The number of hydrogen-bond donors (Lipinski definition) is 1. The summed E-state index contributed by atoms with van der Waals surface area (Å²) in [5, 5.41) is 0. The van der Waals surface area contributed by atoms with Gasteiger partial charge in [-0.2, -0.15) is 0 Å². The molecule has 4 nitrogen and oxygen atoms in total. The van der Waals surface area contributed by atoms with E-state index in [9.17, 15) is 8.42 Å². The lowest BCUT2D eigenvalue weighted by Crippen LogP contribution is -2.16. The topological polar surface area (TPSA) is 65.1 Å². The third-order valence-corrected chi connectivity index (χ3v) is 4.52. The lowest BCUT2D eigenvalue weighted by molar-refractivity contribution is 0.587. The van der Waals surface area contributed by atoms with Crippen molar-refractivity contribution in [2.24, 2.45) is 5.73 Å². The Labute approximate surface area is 118 Å². The van der Waals surface area contributed by atoms with E-state index in [1.807, 2.05) is 13.0 Å². The van der Waals surface area contributed by atoms with Crippen molar-refractivity contribution < 1.29 is 8.42 Å². The molecule has 1 aromatic carbocycles. The highest BCUT2D eigenvalue weighted by Gasteiger charge is 2.21. The molecule has 2 aromatic rings. The van der Waals surface area contributed by atoms with E-state index in [4.69, 9.17) is 5.73 Å². The molecule has 0 aliphatic heterocycles. The maximum atomic E-state index is 12.6. The molecule has 1 heterocycles. The highest BCUT2D eigenvalue weighted by atomic mass is 32.2. The summed E-state index contributed by atoms with van der Waals surface area (Å²) >= 11 is 0. The number of aromatic nitrogens is 1. The van der Waals surface area contributed by atoms with Gasteiger partial charge in [0.25, 0.3) is 10.0 Å². The summed E-state index contributed by atoms with van der Waals surface area (Å²) in [6.07, 6.45) is 5.11. The first-order valence-electron chi connectivity index (χ1n) is 6.08. The second kappa shape index (κ2) is 5.38. The number of hydrogen-bond acceptors (Lipinski definition) is 3. The standard InChI is InChI=1S/C15H16N2O2S/c1-3-7-13-10-11-17(15(13)12(2)16)20(18,19)14-8-5-4-6-9-14/h3-11H,2,16H2,1H3/b7-3-. The SMILES string of the molecule is C=C(N)c1c(/C=C\C)ccn1S(=O)(=O)c1ccccc1. The number of benzene rings is 1. The molecule has 2 N–H and O–H groups in total. The van der Waals surface area contributed by atoms with Gasteiger partial charge in [-0.3, -0.25) is 0 Å². The zero-order valence-electron chi connectivity index (χ0n) is 11.2. The average Bonchev–Trinajstić information content (AvgIpc) is 2.85. The molecule has 104 valence electrons. The molecule has 0 aliphatic rings. The summed E-state index contributed by atoms with van der Waals surface area (Å²) in [4.78, 5) is 0.213. The van der Waals surface area contributed by atoms with Crippen LogP contribution in [0.3, 0.4) is 0 Å². The number of nitrogens with zero attached hydrogens (tertiary/aromatic N) is 1. The fourth-order valence-corrected chi connectivity index (χ4v) is 3.39. The third-order valence-electron chi connectivity index (χ3n) is 2.83. The monoisotopic (exact) mass is 288 g/mol. The van der Waals surface area contributed by atoms with Crippen LogP contribution in [-0.4, -0.2) is 12.4 Å². The minimum atomic E-state index is -3.67. The van der Waals surface area contributed by atoms with Crippen molar-refractivity contribution in [3.05, 3.63) is 66.5 Å². The van der Waals surface area contributed by atoms with Gasteiger partial charge in [0, 0.05) is 17.5 Å². The van der Waals surface area contributed by atoms with Crippen LogP contribution in [0.1, 0.15) is 18.2 Å². The smallest absolute Gasteiger partial charge is 0.268 e. The van der Waals surface area contributed by atoms with Gasteiger partial charge in [0.2, 0.25) is 0 Å². The molecule has 0 radical (unpaired) electrons. The van der Waals surface area contributed by atoms with Gasteiger partial charge in [0.05, 0.1) is 10.6 Å². The van der Waals surface area contributed by atoms with Crippen molar-refractivity contribution in [3.8, 4) is 0 Å². The Hall–Kier alpha value is -2.27. The molecule has 0 spiro atoms. The number of nitrogens with two attached hydrogens (primary N) is 1. The molecule has 0 bridgehead atoms. The first-order chi connectivity index (χ1) is 9.48. The summed E-state index contributed by atoms with van der Waals surface area (Å²) in [5.74, 6) is 0. The van der Waals surface area contributed by atoms with E-state index in [1.165, 1.54) is 10.2 Å². The van der Waals surface area contributed by atoms with E-state index in [-0.39, 0.29) is 10.6 Å². The van der Waals surface area contributed by atoms with Crippen LogP contribution in [0.15, 0.2) is 60.1 Å². The van der Waals surface area contributed by atoms with Gasteiger partial charge < -0.3 is 5.73 Å². The number of allylic oxidation sites excluding steroid dienone is 1. The van der Waals surface area contributed by atoms with Crippen molar-refractivity contribution in [1.29, 1.82) is 0 Å². The van der Waals surface area contributed by atoms with Crippen LogP contribution in [0.25, 0.3) is 11.8 Å². The Morgan fingerprint density at radius 1 is 1.25 bits per heavy atom. The zero-order valence-corrected chi connectivity index (χ0v) is 12.0. The first kappa shape index (κ1) is 14.1. The lowest BCUT2D eigenvalue weighted by Gasteiger charge is -2.11. The molecule has 1 aromatic heterocycles. The molecule has 0 saturated carbocycles. The first-order valence-corrected chi connectivity index (χ1v) is 7.52. The van der Waals surface area contributed by atoms with Crippen molar-refractivity contribution in [2.75, 3.05) is 0 Å². The van der Waals surface area contributed by atoms with E-state index in [0.29, 0.717) is 5.69 Å². The second-order valence-corrected chi connectivity index (χ2v) is 6.07. The van der Waals surface area contributed by atoms with Crippen LogP contribution < -0.4 is 5.73 Å². The van der Waals surface area contributed by atoms with Gasteiger partial charge in [0.1, 0.15) is 0 Å². The molecule has 0 saturated heterocycles. The summed E-state index contributed by atoms with van der Waals surface area (Å²) in [6.45, 7) is 5.52. The second-order valence-electron chi connectivity index (χ2n) is 4.26. The van der Waals surface area contributed by atoms with Gasteiger partial charge in [0.15, 0.2) is 0 Å². The van der Waals surface area contributed by atoms with E-state index in [2.05, 4.69) is 6.58 Å². The molecule has 5 heteroatoms. The van der Waals surface area contributed by atoms with Crippen molar-refractivity contribution in [2.45, 2.75) is 11.8 Å². The van der Waals surface area contributed by atoms with Crippen molar-refractivity contribution in [1.82, 2.24) is 3.97 Å². The highest BCUT2D eigenvalue weighted by Crippen LogP contribution is 2.23. The van der Waals surface area contributed by atoms with E-state index >= 15 is 0 Å². The fraction of sp³-hybridized carbons (Fsp3) is 0.0667. The van der Waals surface area contributed by atoms with Crippen LogP contribution in [-0.2, 0) is 10.0 Å². The normalized spacial score (nSPS) is 11.8. The zero-order chi connectivity index (χ0) is 14.8. The van der Waals surface area contributed by atoms with Crippen LogP contribution in [0.2, 0.25) is 0 Å². The van der Waals surface area contributed by atoms with E-state index in [0.717, 1.165) is 5.56 Å². The quantitative estimate of drug-likeness (QED) is 0.940. The lowest BCUT2D eigenvalue weighted by atomic mass is 10.2. The number of rotatable bonds is 4. The van der Waals surface area contributed by atoms with Gasteiger partial charge in [-0.1, -0.05) is 36.9 Å². The minimum absolute atomic E-state index is 0.211. The summed E-state index contributed by atoms with van der Waals surface area (Å²) in [6, 6.07) is 9.93. The molecule has 0 fully saturated rings. The highest BCUT2D eigenvalue weighted by molar-refractivity contribution is 7.90. The molecular formula is C15H16N2O2S. The summed E-state index contributed by atoms with van der Waals surface area (Å²) in [5.41, 5.74) is 7.08. The Bertz CT molecular complexity index is 756. The molecular weight excluding hydrogens is 272 g/mol. The molecule has 0 amide bonds. The predicted octanol–water partition coefficient (Wildman–Crippen LogP) is 2.69. The maximum absolute atomic E-state index is 12.6. The third kappa shape index (κ3) is 2.40. The average molecular weight is 288 g/mol. The van der Waals surface area contributed by atoms with Crippen LogP contribution >= 0.6 is 0 Å². The molecule has 0 atom stereocenters.